The first-order valence-electron chi connectivity index (χ1n) is 7.03. The van der Waals surface area contributed by atoms with Crippen molar-refractivity contribution in [2.45, 2.75) is 38.7 Å². The fourth-order valence-corrected chi connectivity index (χ4v) is 3.71. The van der Waals surface area contributed by atoms with Crippen LogP contribution in [0.15, 0.2) is 24.3 Å². The van der Waals surface area contributed by atoms with Gasteiger partial charge in [-0.3, -0.25) is 0 Å². The number of carboxylic acid groups (broad SMARTS) is 1. The van der Waals surface area contributed by atoms with Crippen LogP contribution < -0.4 is 0 Å². The van der Waals surface area contributed by atoms with Gasteiger partial charge in [-0.05, 0) is 43.7 Å². The van der Waals surface area contributed by atoms with Gasteiger partial charge >= 0.3 is 11.9 Å². The van der Waals surface area contributed by atoms with E-state index in [1.54, 1.807) is 12.1 Å². The predicted octanol–water partition coefficient (Wildman–Crippen LogP) is 3.12. The molecule has 0 spiro atoms. The van der Waals surface area contributed by atoms with Gasteiger partial charge in [-0.25, -0.2) is 9.59 Å². The molecular weight excluding hydrogens is 256 g/mol. The Kier molecular flexibility index (Phi) is 3.04. The van der Waals surface area contributed by atoms with E-state index in [1.807, 2.05) is 0 Å². The molecule has 0 saturated heterocycles. The number of carbonyl (C=O) groups is 2. The smallest absolute Gasteiger partial charge is 0.339 e. The average Bonchev–Trinajstić information content (AvgIpc) is 2.94. The quantitative estimate of drug-likeness (QED) is 0.860. The maximum absolute atomic E-state index is 12.3. The standard InChI is InChI=1S/C16H18O4/c1-16-7-6-10(9-16)8-13(16)20-15(19)12-5-3-2-4-11(12)14(17)18/h2-5,10,13H,6-9H2,1H3,(H,17,18)/t10-,13-,16-/m0/s1. The highest BCUT2D eigenvalue weighted by molar-refractivity contribution is 6.02. The summed E-state index contributed by atoms with van der Waals surface area (Å²) in [7, 11) is 0. The topological polar surface area (TPSA) is 63.6 Å². The third kappa shape index (κ3) is 2.09. The lowest BCUT2D eigenvalue weighted by Crippen LogP contribution is -2.32. The Morgan fingerprint density at radius 1 is 1.30 bits per heavy atom. The summed E-state index contributed by atoms with van der Waals surface area (Å²) in [5.74, 6) is -0.953. The molecule has 2 fully saturated rings. The van der Waals surface area contributed by atoms with Crippen LogP contribution in [0.4, 0.5) is 0 Å². The summed E-state index contributed by atoms with van der Waals surface area (Å²) < 4.78 is 5.62. The van der Waals surface area contributed by atoms with Crippen LogP contribution in [-0.2, 0) is 4.74 Å². The Bertz CT molecular complexity index is 565. The Hall–Kier alpha value is -1.84. The number of carboxylic acids is 1. The molecule has 1 aromatic carbocycles. The number of aromatic carboxylic acids is 1. The van der Waals surface area contributed by atoms with Gasteiger partial charge in [-0.2, -0.15) is 0 Å². The Morgan fingerprint density at radius 3 is 2.55 bits per heavy atom. The highest BCUT2D eigenvalue weighted by Crippen LogP contribution is 2.55. The molecule has 0 unspecified atom stereocenters. The van der Waals surface area contributed by atoms with Gasteiger partial charge in [0.05, 0.1) is 11.1 Å². The SMILES string of the molecule is C[C@@]12CC[C@@H](C[C@@H]1OC(=O)c1ccccc1C(=O)O)C2. The van der Waals surface area contributed by atoms with Crippen LogP contribution >= 0.6 is 0 Å². The molecule has 2 aliphatic carbocycles. The summed E-state index contributed by atoms with van der Waals surface area (Å²) in [6, 6.07) is 6.22. The maximum Gasteiger partial charge on any atom is 0.339 e. The first kappa shape index (κ1) is 13.2. The van der Waals surface area contributed by atoms with Crippen molar-refractivity contribution >= 4 is 11.9 Å². The van der Waals surface area contributed by atoms with E-state index in [4.69, 9.17) is 9.84 Å². The molecule has 0 radical (unpaired) electrons. The van der Waals surface area contributed by atoms with Crippen molar-refractivity contribution in [3.05, 3.63) is 35.4 Å². The van der Waals surface area contributed by atoms with Gasteiger partial charge in [-0.15, -0.1) is 0 Å². The van der Waals surface area contributed by atoms with Gasteiger partial charge in [0.2, 0.25) is 0 Å². The molecular formula is C16H18O4. The minimum Gasteiger partial charge on any atom is -0.478 e. The van der Waals surface area contributed by atoms with Crippen molar-refractivity contribution in [1.82, 2.24) is 0 Å². The van der Waals surface area contributed by atoms with Gasteiger partial charge in [0.1, 0.15) is 6.10 Å². The zero-order valence-electron chi connectivity index (χ0n) is 11.5. The first-order valence-corrected chi connectivity index (χ1v) is 7.03. The Labute approximate surface area is 117 Å². The highest BCUT2D eigenvalue weighted by atomic mass is 16.5. The van der Waals surface area contributed by atoms with Crippen molar-refractivity contribution in [2.24, 2.45) is 11.3 Å². The summed E-state index contributed by atoms with van der Waals surface area (Å²) >= 11 is 0. The van der Waals surface area contributed by atoms with Crippen molar-refractivity contribution in [1.29, 1.82) is 0 Å². The summed E-state index contributed by atoms with van der Waals surface area (Å²) in [4.78, 5) is 23.4. The van der Waals surface area contributed by atoms with Crippen LogP contribution in [0, 0.1) is 11.3 Å². The van der Waals surface area contributed by atoms with Gasteiger partial charge in [0.25, 0.3) is 0 Å². The van der Waals surface area contributed by atoms with E-state index >= 15 is 0 Å². The number of hydrogen-bond donors (Lipinski definition) is 1. The van der Waals surface area contributed by atoms with Crippen LogP contribution in [0.25, 0.3) is 0 Å². The minimum absolute atomic E-state index is 0.00538. The fraction of sp³-hybridized carbons (Fsp3) is 0.500. The van der Waals surface area contributed by atoms with Crippen molar-refractivity contribution in [2.75, 3.05) is 0 Å². The van der Waals surface area contributed by atoms with E-state index in [0.717, 1.165) is 19.3 Å². The van der Waals surface area contributed by atoms with Crippen LogP contribution in [0.5, 0.6) is 0 Å². The summed E-state index contributed by atoms with van der Waals surface area (Å²) in [5.41, 5.74) is 0.232. The van der Waals surface area contributed by atoms with Gasteiger partial charge < -0.3 is 9.84 Å². The molecule has 2 bridgehead atoms. The monoisotopic (exact) mass is 274 g/mol. The molecule has 106 valence electrons. The molecule has 2 saturated carbocycles. The molecule has 4 heteroatoms. The molecule has 1 N–H and O–H groups in total. The van der Waals surface area contributed by atoms with Crippen LogP contribution in [0.2, 0.25) is 0 Å². The van der Waals surface area contributed by atoms with E-state index in [9.17, 15) is 9.59 Å². The molecule has 0 amide bonds. The lowest BCUT2D eigenvalue weighted by Gasteiger charge is -2.31. The van der Waals surface area contributed by atoms with Crippen molar-refractivity contribution in [3.63, 3.8) is 0 Å². The molecule has 0 heterocycles. The Balaban J connectivity index is 1.79. The number of hydrogen-bond acceptors (Lipinski definition) is 3. The van der Waals surface area contributed by atoms with E-state index in [0.29, 0.717) is 5.92 Å². The summed E-state index contributed by atoms with van der Waals surface area (Å²) in [6.07, 6.45) is 4.27. The predicted molar refractivity (Wildman–Crippen MR) is 72.7 cm³/mol. The molecule has 3 rings (SSSR count). The number of esters is 1. The average molecular weight is 274 g/mol. The van der Waals surface area contributed by atoms with Crippen LogP contribution in [0.1, 0.15) is 53.3 Å². The third-order valence-electron chi connectivity index (χ3n) is 4.83. The highest BCUT2D eigenvalue weighted by Gasteiger charge is 2.50. The van der Waals surface area contributed by atoms with Gasteiger partial charge in [0.15, 0.2) is 0 Å². The zero-order chi connectivity index (χ0) is 14.3. The van der Waals surface area contributed by atoms with E-state index in [2.05, 4.69) is 6.92 Å². The summed E-state index contributed by atoms with van der Waals surface area (Å²) in [6.45, 7) is 2.17. The molecule has 2 aliphatic rings. The number of ether oxygens (including phenoxy) is 1. The van der Waals surface area contributed by atoms with Crippen LogP contribution in [0.3, 0.4) is 0 Å². The molecule has 0 aliphatic heterocycles. The second-order valence-corrected chi connectivity index (χ2v) is 6.24. The van der Waals surface area contributed by atoms with E-state index in [-0.39, 0.29) is 22.6 Å². The van der Waals surface area contributed by atoms with E-state index in [1.165, 1.54) is 18.6 Å². The fourth-order valence-electron chi connectivity index (χ4n) is 3.71. The number of benzene rings is 1. The normalized spacial score (nSPS) is 31.2. The lowest BCUT2D eigenvalue weighted by atomic mass is 9.84. The second kappa shape index (κ2) is 4.62. The molecule has 4 nitrogen and oxygen atoms in total. The largest absolute Gasteiger partial charge is 0.478 e. The van der Waals surface area contributed by atoms with Crippen molar-refractivity contribution < 1.29 is 19.4 Å². The molecule has 1 aromatic rings. The number of fused-ring (bicyclic) bond motifs is 2. The molecule has 3 atom stereocenters. The zero-order valence-corrected chi connectivity index (χ0v) is 11.5. The number of rotatable bonds is 3. The second-order valence-electron chi connectivity index (χ2n) is 6.24. The number of carbonyl (C=O) groups excluding carboxylic acids is 1. The Morgan fingerprint density at radius 2 is 2.00 bits per heavy atom. The lowest BCUT2D eigenvalue weighted by molar-refractivity contribution is -0.00651. The van der Waals surface area contributed by atoms with Crippen molar-refractivity contribution in [3.8, 4) is 0 Å². The minimum atomic E-state index is -1.10. The van der Waals surface area contributed by atoms with Gasteiger partial charge in [-0.1, -0.05) is 19.1 Å². The first-order chi connectivity index (χ1) is 9.49. The third-order valence-corrected chi connectivity index (χ3v) is 4.83. The molecule has 20 heavy (non-hydrogen) atoms. The maximum atomic E-state index is 12.3. The van der Waals surface area contributed by atoms with Crippen LogP contribution in [-0.4, -0.2) is 23.1 Å². The molecule has 0 aromatic heterocycles. The van der Waals surface area contributed by atoms with E-state index < -0.39 is 11.9 Å². The summed E-state index contributed by atoms with van der Waals surface area (Å²) in [5, 5.41) is 9.12. The van der Waals surface area contributed by atoms with Gasteiger partial charge in [0, 0.05) is 5.41 Å².